The molecule has 0 saturated carbocycles. The van der Waals surface area contributed by atoms with Crippen molar-refractivity contribution in [3.05, 3.63) is 59.2 Å². The highest BCUT2D eigenvalue weighted by Crippen LogP contribution is 2.33. The topological polar surface area (TPSA) is 60.5 Å². The van der Waals surface area contributed by atoms with E-state index >= 15 is 0 Å². The van der Waals surface area contributed by atoms with E-state index in [0.717, 1.165) is 5.56 Å². The molecule has 1 N–H and O–H groups in total. The number of benzene rings is 2. The summed E-state index contributed by atoms with van der Waals surface area (Å²) in [6.45, 7) is 2.85. The molecule has 7 heteroatoms. The van der Waals surface area contributed by atoms with E-state index in [1.54, 1.807) is 17.5 Å². The first-order chi connectivity index (χ1) is 13.1. The van der Waals surface area contributed by atoms with E-state index in [0.29, 0.717) is 41.1 Å². The molecule has 1 atom stereocenters. The molecule has 0 aliphatic carbocycles. The summed E-state index contributed by atoms with van der Waals surface area (Å²) in [7, 11) is 0. The molecule has 4 rings (SSSR count). The number of fused-ring (bicyclic) bond motifs is 1. The molecule has 0 bridgehead atoms. The lowest BCUT2D eigenvalue weighted by molar-refractivity contribution is -0.117. The van der Waals surface area contributed by atoms with Crippen molar-refractivity contribution >= 4 is 22.4 Å². The maximum atomic E-state index is 13.4. The summed E-state index contributed by atoms with van der Waals surface area (Å²) < 4.78 is 24.5. The summed E-state index contributed by atoms with van der Waals surface area (Å²) in [4.78, 5) is 17.0. The molecule has 2 heterocycles. The number of halogens is 1. The van der Waals surface area contributed by atoms with Gasteiger partial charge < -0.3 is 14.8 Å². The Labute approximate surface area is 159 Å². The second-order valence-electron chi connectivity index (χ2n) is 6.16. The van der Waals surface area contributed by atoms with E-state index in [4.69, 9.17) is 9.47 Å². The second kappa shape index (κ2) is 7.36. The van der Waals surface area contributed by atoms with E-state index in [9.17, 15) is 9.18 Å². The smallest absolute Gasteiger partial charge is 0.233 e. The molecule has 3 aromatic rings. The van der Waals surface area contributed by atoms with E-state index < -0.39 is 0 Å². The number of anilines is 1. The molecule has 27 heavy (non-hydrogen) atoms. The fourth-order valence-electron chi connectivity index (χ4n) is 2.81. The molecular formula is C20H17FN2O3S. The summed E-state index contributed by atoms with van der Waals surface area (Å²) in [5, 5.41) is 5.09. The number of hydrogen-bond donors (Lipinski definition) is 1. The lowest BCUT2D eigenvalue weighted by atomic mass is 10.00. The molecule has 0 radical (unpaired) electrons. The molecular weight excluding hydrogens is 367 g/mol. The van der Waals surface area contributed by atoms with Crippen molar-refractivity contribution in [2.45, 2.75) is 12.8 Å². The molecule has 0 spiro atoms. The van der Waals surface area contributed by atoms with Crippen LogP contribution in [0, 0.1) is 5.82 Å². The third-order valence-corrected chi connectivity index (χ3v) is 5.07. The maximum Gasteiger partial charge on any atom is 0.233 e. The van der Waals surface area contributed by atoms with Crippen LogP contribution in [-0.4, -0.2) is 24.1 Å². The van der Waals surface area contributed by atoms with Crippen molar-refractivity contribution in [3.8, 4) is 22.8 Å². The molecule has 1 aliphatic heterocycles. The number of hydrogen-bond acceptors (Lipinski definition) is 5. The average Bonchev–Trinajstić information content (AvgIpc) is 3.15. The molecule has 1 aliphatic rings. The van der Waals surface area contributed by atoms with Gasteiger partial charge in [0.2, 0.25) is 5.91 Å². The van der Waals surface area contributed by atoms with Gasteiger partial charge in [-0.05, 0) is 36.8 Å². The van der Waals surface area contributed by atoms with E-state index in [2.05, 4.69) is 10.3 Å². The second-order valence-corrected chi connectivity index (χ2v) is 7.02. The van der Waals surface area contributed by atoms with Crippen molar-refractivity contribution in [2.75, 3.05) is 18.5 Å². The Bertz CT molecular complexity index is 989. The van der Waals surface area contributed by atoms with E-state index in [1.807, 2.05) is 25.1 Å². The Morgan fingerprint density at radius 2 is 2.00 bits per heavy atom. The molecule has 0 saturated heterocycles. The zero-order chi connectivity index (χ0) is 18.8. The van der Waals surface area contributed by atoms with Gasteiger partial charge in [0.05, 0.1) is 11.6 Å². The number of rotatable bonds is 4. The van der Waals surface area contributed by atoms with Gasteiger partial charge in [0.1, 0.15) is 19.0 Å². The first kappa shape index (κ1) is 17.5. The number of ether oxygens (including phenoxy) is 2. The summed E-state index contributed by atoms with van der Waals surface area (Å²) in [6.07, 6.45) is 0. The maximum absolute atomic E-state index is 13.4. The molecule has 1 aromatic heterocycles. The zero-order valence-corrected chi connectivity index (χ0v) is 15.4. The Kier molecular flexibility index (Phi) is 4.77. The van der Waals surface area contributed by atoms with Crippen LogP contribution in [0.15, 0.2) is 47.8 Å². The normalized spacial score (nSPS) is 13.9. The van der Waals surface area contributed by atoms with Crippen molar-refractivity contribution in [1.82, 2.24) is 4.98 Å². The first-order valence-corrected chi connectivity index (χ1v) is 9.40. The van der Waals surface area contributed by atoms with Crippen LogP contribution in [0.25, 0.3) is 11.3 Å². The van der Waals surface area contributed by atoms with Gasteiger partial charge >= 0.3 is 0 Å². The van der Waals surface area contributed by atoms with Gasteiger partial charge in [-0.3, -0.25) is 4.79 Å². The third kappa shape index (κ3) is 3.78. The predicted octanol–water partition coefficient (Wildman–Crippen LogP) is 4.46. The number of thiazole rings is 1. The Hall–Kier alpha value is -2.93. The Morgan fingerprint density at radius 1 is 1.19 bits per heavy atom. The molecule has 2 aromatic carbocycles. The molecule has 1 amide bonds. The number of amides is 1. The fourth-order valence-corrected chi connectivity index (χ4v) is 3.53. The number of nitrogens with zero attached hydrogens (tertiary/aromatic N) is 1. The van der Waals surface area contributed by atoms with Crippen LogP contribution in [0.3, 0.4) is 0 Å². The Balaban J connectivity index is 1.47. The highest BCUT2D eigenvalue weighted by atomic mass is 32.1. The fraction of sp³-hybridized carbons (Fsp3) is 0.200. The summed E-state index contributed by atoms with van der Waals surface area (Å²) >= 11 is 1.30. The standard InChI is InChI=1S/C20H17FN2O3S/c1-12(13-5-6-17-18(10-13)26-8-7-25-17)19(24)23-20-22-16(11-27-20)14-3-2-4-15(21)9-14/h2-6,9-12H,7-8H2,1H3,(H,22,23,24). The van der Waals surface area contributed by atoms with Gasteiger partial charge in [-0.1, -0.05) is 18.2 Å². The molecule has 0 fully saturated rings. The summed E-state index contributed by atoms with van der Waals surface area (Å²) in [5.74, 6) is 0.464. The van der Waals surface area contributed by atoms with Crippen LogP contribution >= 0.6 is 11.3 Å². The minimum absolute atomic E-state index is 0.174. The van der Waals surface area contributed by atoms with Crippen molar-refractivity contribution < 1.29 is 18.7 Å². The van der Waals surface area contributed by atoms with Crippen molar-refractivity contribution in [3.63, 3.8) is 0 Å². The van der Waals surface area contributed by atoms with Gasteiger partial charge in [0.15, 0.2) is 16.6 Å². The number of carbonyl (C=O) groups is 1. The summed E-state index contributed by atoms with van der Waals surface area (Å²) in [6, 6.07) is 11.7. The minimum Gasteiger partial charge on any atom is -0.486 e. The lowest BCUT2D eigenvalue weighted by Gasteiger charge is -2.20. The number of nitrogens with one attached hydrogen (secondary N) is 1. The molecule has 5 nitrogen and oxygen atoms in total. The molecule has 138 valence electrons. The SMILES string of the molecule is CC(C(=O)Nc1nc(-c2cccc(F)c2)cs1)c1ccc2c(c1)OCCO2. The van der Waals surface area contributed by atoms with Crippen molar-refractivity contribution in [2.24, 2.45) is 0 Å². The number of aromatic nitrogens is 1. The third-order valence-electron chi connectivity index (χ3n) is 4.31. The van der Waals surface area contributed by atoms with Gasteiger partial charge in [0.25, 0.3) is 0 Å². The van der Waals surface area contributed by atoms with Gasteiger partial charge in [-0.2, -0.15) is 0 Å². The van der Waals surface area contributed by atoms with Crippen LogP contribution < -0.4 is 14.8 Å². The number of carbonyl (C=O) groups excluding carboxylic acids is 1. The zero-order valence-electron chi connectivity index (χ0n) is 14.6. The Morgan fingerprint density at radius 3 is 2.81 bits per heavy atom. The first-order valence-electron chi connectivity index (χ1n) is 8.52. The van der Waals surface area contributed by atoms with E-state index in [1.165, 1.54) is 23.5 Å². The lowest BCUT2D eigenvalue weighted by Crippen LogP contribution is -2.20. The van der Waals surface area contributed by atoms with Gasteiger partial charge in [0, 0.05) is 10.9 Å². The highest BCUT2D eigenvalue weighted by Gasteiger charge is 2.20. The van der Waals surface area contributed by atoms with Crippen LogP contribution in [0.2, 0.25) is 0 Å². The van der Waals surface area contributed by atoms with E-state index in [-0.39, 0.29) is 17.6 Å². The van der Waals surface area contributed by atoms with Gasteiger partial charge in [-0.15, -0.1) is 11.3 Å². The van der Waals surface area contributed by atoms with Crippen LogP contribution in [0.4, 0.5) is 9.52 Å². The quantitative estimate of drug-likeness (QED) is 0.721. The minimum atomic E-state index is -0.387. The van der Waals surface area contributed by atoms with Crippen LogP contribution in [0.1, 0.15) is 18.4 Å². The largest absolute Gasteiger partial charge is 0.486 e. The monoisotopic (exact) mass is 384 g/mol. The van der Waals surface area contributed by atoms with Crippen molar-refractivity contribution in [1.29, 1.82) is 0 Å². The van der Waals surface area contributed by atoms with Gasteiger partial charge in [-0.25, -0.2) is 9.37 Å². The van der Waals surface area contributed by atoms with Crippen LogP contribution in [-0.2, 0) is 4.79 Å². The predicted molar refractivity (Wildman–Crippen MR) is 102 cm³/mol. The molecule has 1 unspecified atom stereocenters. The average molecular weight is 384 g/mol. The van der Waals surface area contributed by atoms with Crippen LogP contribution in [0.5, 0.6) is 11.5 Å². The highest BCUT2D eigenvalue weighted by molar-refractivity contribution is 7.14. The summed E-state index contributed by atoms with van der Waals surface area (Å²) in [5.41, 5.74) is 2.13.